The predicted octanol–water partition coefficient (Wildman–Crippen LogP) is 5.66. The Balaban J connectivity index is 1.36. The third-order valence-electron chi connectivity index (χ3n) is 6.02. The van der Waals surface area contributed by atoms with Crippen LogP contribution in [0.25, 0.3) is 10.1 Å². The number of nitrogens with one attached hydrogen (secondary N) is 2. The van der Waals surface area contributed by atoms with Gasteiger partial charge < -0.3 is 10.6 Å². The zero-order chi connectivity index (χ0) is 22.1. The van der Waals surface area contributed by atoms with Gasteiger partial charge in [0.15, 0.2) is 0 Å². The number of carbonyl (C=O) groups excluding carboxylic acids is 2. The lowest BCUT2D eigenvalue weighted by atomic mass is 9.87. The first-order chi connectivity index (χ1) is 15.6. The van der Waals surface area contributed by atoms with Gasteiger partial charge in [-0.1, -0.05) is 48.5 Å². The first kappa shape index (κ1) is 20.4. The molecule has 32 heavy (non-hydrogen) atoms. The maximum Gasteiger partial charge on any atom is 0.276 e. The molecule has 4 aromatic rings. The van der Waals surface area contributed by atoms with Gasteiger partial charge in [0.1, 0.15) is 5.69 Å². The Bertz CT molecular complexity index is 1330. The first-order valence-electron chi connectivity index (χ1n) is 10.8. The summed E-state index contributed by atoms with van der Waals surface area (Å²) in [5, 5.41) is 6.96. The van der Waals surface area contributed by atoms with E-state index in [1.807, 2.05) is 49.4 Å². The van der Waals surface area contributed by atoms with Crippen LogP contribution in [0.5, 0.6) is 0 Å². The van der Waals surface area contributed by atoms with Crippen LogP contribution in [0, 0.1) is 6.92 Å². The first-order valence-corrected chi connectivity index (χ1v) is 11.5. The Morgan fingerprint density at radius 1 is 1.00 bits per heavy atom. The van der Waals surface area contributed by atoms with Crippen LogP contribution in [0.1, 0.15) is 56.4 Å². The van der Waals surface area contributed by atoms with Gasteiger partial charge in [-0.3, -0.25) is 9.59 Å². The van der Waals surface area contributed by atoms with E-state index in [1.165, 1.54) is 22.7 Å². The van der Waals surface area contributed by atoms with Crippen molar-refractivity contribution < 1.29 is 9.59 Å². The Morgan fingerprint density at radius 3 is 2.72 bits per heavy atom. The summed E-state index contributed by atoms with van der Waals surface area (Å²) in [6.45, 7) is 1.91. The van der Waals surface area contributed by atoms with E-state index in [1.54, 1.807) is 12.1 Å². The summed E-state index contributed by atoms with van der Waals surface area (Å²) in [4.78, 5) is 26.0. The monoisotopic (exact) mass is 441 g/mol. The average Bonchev–Trinajstić information content (AvgIpc) is 3.25. The van der Waals surface area contributed by atoms with Gasteiger partial charge in [-0.15, -0.1) is 0 Å². The van der Waals surface area contributed by atoms with E-state index in [4.69, 9.17) is 0 Å². The molecule has 1 aromatic heterocycles. The van der Waals surface area contributed by atoms with Crippen LogP contribution in [-0.4, -0.2) is 16.2 Å². The molecule has 1 aliphatic rings. The summed E-state index contributed by atoms with van der Waals surface area (Å²) in [5.74, 6) is -0.411. The summed E-state index contributed by atoms with van der Waals surface area (Å²) in [5.41, 5.74) is 4.93. The van der Waals surface area contributed by atoms with Crippen LogP contribution in [-0.2, 0) is 6.42 Å². The van der Waals surface area contributed by atoms with Gasteiger partial charge in [-0.25, -0.2) is 0 Å². The van der Waals surface area contributed by atoms with E-state index in [0.29, 0.717) is 16.9 Å². The predicted molar refractivity (Wildman–Crippen MR) is 128 cm³/mol. The van der Waals surface area contributed by atoms with Gasteiger partial charge in [0.25, 0.3) is 11.8 Å². The van der Waals surface area contributed by atoms with E-state index in [-0.39, 0.29) is 17.9 Å². The van der Waals surface area contributed by atoms with Gasteiger partial charge in [-0.2, -0.15) is 4.37 Å². The molecule has 0 saturated heterocycles. The fraction of sp³-hybridized carbons (Fsp3) is 0.192. The summed E-state index contributed by atoms with van der Waals surface area (Å²) in [6, 6.07) is 21.4. The Morgan fingerprint density at radius 2 is 1.81 bits per heavy atom. The average molecular weight is 442 g/mol. The van der Waals surface area contributed by atoms with Crippen LogP contribution >= 0.6 is 11.5 Å². The standard InChI is InChI=1S/C26H23N3O2S/c1-16-13-14-18(25(30)27-21-11-6-8-17-7-2-3-9-19(17)21)15-22(16)28-26(31)24-20-10-4-5-12-23(20)32-29-24/h2-5,7,9-10,12-15,21H,6,8,11H2,1H3,(H,27,30)(H,28,31)/t21-/m0/s1. The molecule has 2 N–H and O–H groups in total. The smallest absolute Gasteiger partial charge is 0.276 e. The SMILES string of the molecule is Cc1ccc(C(=O)N[C@H]2CCCc3ccccc32)cc1NC(=O)c1nsc2ccccc12. The molecule has 0 fully saturated rings. The zero-order valence-electron chi connectivity index (χ0n) is 17.7. The number of hydrogen-bond donors (Lipinski definition) is 2. The number of hydrogen-bond acceptors (Lipinski definition) is 4. The zero-order valence-corrected chi connectivity index (χ0v) is 18.5. The molecule has 0 bridgehead atoms. The van der Waals surface area contributed by atoms with Crippen molar-refractivity contribution >= 4 is 39.1 Å². The summed E-state index contributed by atoms with van der Waals surface area (Å²) in [7, 11) is 0. The van der Waals surface area contributed by atoms with E-state index in [9.17, 15) is 9.59 Å². The number of aromatic nitrogens is 1. The Hall–Kier alpha value is -3.51. The van der Waals surface area contributed by atoms with Crippen molar-refractivity contribution in [2.45, 2.75) is 32.2 Å². The molecule has 2 amide bonds. The molecule has 5 rings (SSSR count). The van der Waals surface area contributed by atoms with Crippen LogP contribution in [0.15, 0.2) is 66.7 Å². The highest BCUT2D eigenvalue weighted by Crippen LogP contribution is 2.30. The second kappa shape index (κ2) is 8.55. The molecule has 0 unspecified atom stereocenters. The number of rotatable bonds is 4. The molecular weight excluding hydrogens is 418 g/mol. The maximum absolute atomic E-state index is 13.0. The lowest BCUT2D eigenvalue weighted by Gasteiger charge is -2.26. The van der Waals surface area contributed by atoms with Crippen molar-refractivity contribution in [3.63, 3.8) is 0 Å². The van der Waals surface area contributed by atoms with E-state index < -0.39 is 0 Å². The van der Waals surface area contributed by atoms with Gasteiger partial charge in [0, 0.05) is 16.6 Å². The number of anilines is 1. The van der Waals surface area contributed by atoms with Crippen molar-refractivity contribution in [3.8, 4) is 0 Å². The normalized spacial score (nSPS) is 15.2. The number of amides is 2. The molecule has 0 saturated carbocycles. The highest BCUT2D eigenvalue weighted by atomic mass is 32.1. The topological polar surface area (TPSA) is 71.1 Å². The molecule has 1 heterocycles. The number of benzene rings is 3. The van der Waals surface area contributed by atoms with Crippen molar-refractivity contribution in [2.24, 2.45) is 0 Å². The number of carbonyl (C=O) groups is 2. The van der Waals surface area contributed by atoms with Crippen LogP contribution in [0.3, 0.4) is 0 Å². The summed E-state index contributed by atoms with van der Waals surface area (Å²) >= 11 is 1.30. The Labute approximate surface area is 190 Å². The minimum Gasteiger partial charge on any atom is -0.345 e. The molecule has 1 atom stereocenters. The van der Waals surface area contributed by atoms with E-state index in [0.717, 1.165) is 34.9 Å². The fourth-order valence-corrected chi connectivity index (χ4v) is 5.05. The lowest BCUT2D eigenvalue weighted by molar-refractivity contribution is 0.0931. The molecule has 0 spiro atoms. The Kier molecular flexibility index (Phi) is 5.45. The largest absolute Gasteiger partial charge is 0.345 e. The third-order valence-corrected chi connectivity index (χ3v) is 6.84. The maximum atomic E-state index is 13.0. The number of nitrogens with zero attached hydrogens (tertiary/aromatic N) is 1. The minimum absolute atomic E-state index is 0.00756. The lowest BCUT2D eigenvalue weighted by Crippen LogP contribution is -2.31. The van der Waals surface area contributed by atoms with Crippen molar-refractivity contribution in [2.75, 3.05) is 5.32 Å². The summed E-state index contributed by atoms with van der Waals surface area (Å²) < 4.78 is 5.30. The van der Waals surface area contributed by atoms with Gasteiger partial charge in [0.05, 0.1) is 10.7 Å². The van der Waals surface area contributed by atoms with Crippen LogP contribution in [0.2, 0.25) is 0 Å². The summed E-state index contributed by atoms with van der Waals surface area (Å²) in [6.07, 6.45) is 3.03. The van der Waals surface area contributed by atoms with Crippen LogP contribution in [0.4, 0.5) is 5.69 Å². The molecule has 160 valence electrons. The van der Waals surface area contributed by atoms with Gasteiger partial charge >= 0.3 is 0 Å². The minimum atomic E-state index is -0.274. The fourth-order valence-electron chi connectivity index (χ4n) is 4.27. The van der Waals surface area contributed by atoms with Gasteiger partial charge in [0.2, 0.25) is 0 Å². The van der Waals surface area contributed by atoms with Gasteiger partial charge in [-0.05, 0) is 72.6 Å². The quantitative estimate of drug-likeness (QED) is 0.429. The molecule has 5 nitrogen and oxygen atoms in total. The number of fused-ring (bicyclic) bond motifs is 2. The molecule has 0 radical (unpaired) electrons. The second-order valence-corrected chi connectivity index (χ2v) is 8.93. The molecule has 0 aliphatic heterocycles. The second-order valence-electron chi connectivity index (χ2n) is 8.13. The molecular formula is C26H23N3O2S. The number of aryl methyl sites for hydroxylation is 2. The molecule has 3 aromatic carbocycles. The third kappa shape index (κ3) is 3.89. The van der Waals surface area contributed by atoms with E-state index >= 15 is 0 Å². The molecule has 6 heteroatoms. The van der Waals surface area contributed by atoms with Crippen molar-refractivity contribution in [3.05, 3.63) is 94.7 Å². The highest BCUT2D eigenvalue weighted by molar-refractivity contribution is 7.13. The molecule has 1 aliphatic carbocycles. The highest BCUT2D eigenvalue weighted by Gasteiger charge is 2.22. The van der Waals surface area contributed by atoms with E-state index in [2.05, 4.69) is 27.1 Å². The van der Waals surface area contributed by atoms with Crippen LogP contribution < -0.4 is 10.6 Å². The van der Waals surface area contributed by atoms with Crippen molar-refractivity contribution in [1.29, 1.82) is 0 Å². The van der Waals surface area contributed by atoms with Crippen molar-refractivity contribution in [1.82, 2.24) is 9.69 Å².